The number of likely N-dealkylation sites (tertiary alicyclic amines) is 1. The average molecular weight is 333 g/mol. The molecule has 1 aromatic carbocycles. The third-order valence-corrected chi connectivity index (χ3v) is 4.95. The van der Waals surface area contributed by atoms with Gasteiger partial charge in [-0.05, 0) is 37.5 Å². The monoisotopic (exact) mass is 333 g/mol. The maximum Gasteiger partial charge on any atom is 0.223 e. The lowest BCUT2D eigenvalue weighted by Gasteiger charge is -2.53. The maximum atomic E-state index is 12.4. The van der Waals surface area contributed by atoms with Crippen LogP contribution in [0, 0.1) is 0 Å². The van der Waals surface area contributed by atoms with Crippen molar-refractivity contribution in [1.29, 1.82) is 0 Å². The molecule has 132 valence electrons. The van der Waals surface area contributed by atoms with Gasteiger partial charge in [0.05, 0.1) is 25.8 Å². The summed E-state index contributed by atoms with van der Waals surface area (Å²) in [6.45, 7) is 4.77. The zero-order valence-corrected chi connectivity index (χ0v) is 14.6. The van der Waals surface area contributed by atoms with Crippen molar-refractivity contribution in [2.45, 2.75) is 44.3 Å². The van der Waals surface area contributed by atoms with E-state index in [9.17, 15) is 4.79 Å². The number of ether oxygens (including phenoxy) is 3. The van der Waals surface area contributed by atoms with E-state index in [4.69, 9.17) is 14.2 Å². The van der Waals surface area contributed by atoms with Gasteiger partial charge in [-0.1, -0.05) is 12.1 Å². The first-order valence-electron chi connectivity index (χ1n) is 8.80. The number of hydrogen-bond acceptors (Lipinski definition) is 4. The second kappa shape index (κ2) is 7.53. The molecule has 24 heavy (non-hydrogen) atoms. The second-order valence-corrected chi connectivity index (χ2v) is 6.71. The van der Waals surface area contributed by atoms with E-state index in [2.05, 4.69) is 0 Å². The lowest BCUT2D eigenvalue weighted by Crippen LogP contribution is -2.67. The fourth-order valence-electron chi connectivity index (χ4n) is 3.56. The normalized spacial score (nSPS) is 22.2. The van der Waals surface area contributed by atoms with Gasteiger partial charge < -0.3 is 19.1 Å². The summed E-state index contributed by atoms with van der Waals surface area (Å²) in [7, 11) is 1.75. The molecular weight excluding hydrogens is 306 g/mol. The predicted octanol–water partition coefficient (Wildman–Crippen LogP) is 2.42. The Morgan fingerprint density at radius 3 is 2.75 bits per heavy atom. The molecule has 1 amide bonds. The number of aryl methyl sites for hydroxylation is 1. The number of nitrogens with zero attached hydrogens (tertiary/aromatic N) is 1. The van der Waals surface area contributed by atoms with Crippen molar-refractivity contribution in [3.05, 3.63) is 29.8 Å². The Morgan fingerprint density at radius 1 is 1.33 bits per heavy atom. The van der Waals surface area contributed by atoms with E-state index < -0.39 is 0 Å². The minimum absolute atomic E-state index is 0.159. The smallest absolute Gasteiger partial charge is 0.223 e. The quantitative estimate of drug-likeness (QED) is 0.802. The molecule has 0 saturated carbocycles. The minimum atomic E-state index is -0.159. The predicted molar refractivity (Wildman–Crippen MR) is 91.2 cm³/mol. The molecule has 0 unspecified atom stereocenters. The van der Waals surface area contributed by atoms with E-state index in [0.29, 0.717) is 26.1 Å². The molecule has 1 atom stereocenters. The Bertz CT molecular complexity index is 551. The van der Waals surface area contributed by atoms with Crippen molar-refractivity contribution in [1.82, 2.24) is 4.90 Å². The Hall–Kier alpha value is -1.59. The van der Waals surface area contributed by atoms with Crippen molar-refractivity contribution < 1.29 is 19.0 Å². The van der Waals surface area contributed by atoms with E-state index in [1.54, 1.807) is 7.11 Å². The van der Waals surface area contributed by atoms with Crippen molar-refractivity contribution in [2.75, 3.05) is 33.4 Å². The Balaban J connectivity index is 1.43. The first kappa shape index (κ1) is 17.2. The van der Waals surface area contributed by atoms with E-state index in [0.717, 1.165) is 37.2 Å². The molecule has 0 bridgehead atoms. The van der Waals surface area contributed by atoms with Crippen molar-refractivity contribution in [3.63, 3.8) is 0 Å². The molecule has 2 aliphatic rings. The fraction of sp³-hybridized carbons (Fsp3) is 0.632. The van der Waals surface area contributed by atoms with Crippen LogP contribution >= 0.6 is 0 Å². The summed E-state index contributed by atoms with van der Waals surface area (Å²) in [5.41, 5.74) is 1.00. The van der Waals surface area contributed by atoms with E-state index in [1.807, 2.05) is 36.1 Å². The highest BCUT2D eigenvalue weighted by Gasteiger charge is 2.49. The molecule has 5 nitrogen and oxygen atoms in total. The van der Waals surface area contributed by atoms with Crippen LogP contribution in [0.2, 0.25) is 0 Å². The van der Waals surface area contributed by atoms with Gasteiger partial charge in [-0.3, -0.25) is 4.79 Å². The second-order valence-electron chi connectivity index (χ2n) is 6.71. The molecule has 5 heteroatoms. The Kier molecular flexibility index (Phi) is 5.41. The van der Waals surface area contributed by atoms with E-state index >= 15 is 0 Å². The number of methoxy groups -OCH3 is 1. The van der Waals surface area contributed by atoms with Crippen LogP contribution in [0.5, 0.6) is 5.75 Å². The van der Waals surface area contributed by atoms with Gasteiger partial charge in [0.1, 0.15) is 11.4 Å². The molecule has 1 aromatic rings. The van der Waals surface area contributed by atoms with Crippen molar-refractivity contribution >= 4 is 5.91 Å². The lowest BCUT2D eigenvalue weighted by molar-refractivity contribution is -0.198. The van der Waals surface area contributed by atoms with Crippen LogP contribution in [-0.2, 0) is 20.7 Å². The molecule has 0 aliphatic carbocycles. The van der Waals surface area contributed by atoms with Gasteiger partial charge in [0.2, 0.25) is 5.91 Å². The summed E-state index contributed by atoms with van der Waals surface area (Å²) in [6.07, 6.45) is 3.41. The van der Waals surface area contributed by atoms with Crippen LogP contribution in [0.4, 0.5) is 0 Å². The highest BCUT2D eigenvalue weighted by atomic mass is 16.5. The summed E-state index contributed by atoms with van der Waals surface area (Å²) < 4.78 is 16.8. The molecule has 0 radical (unpaired) electrons. The molecule has 3 rings (SSSR count). The SMILES string of the molecule is CCOc1ccc(CCC(=O)N2CC3(C[C@@H](OC)CCO3)C2)cc1. The summed E-state index contributed by atoms with van der Waals surface area (Å²) in [4.78, 5) is 14.3. The van der Waals surface area contributed by atoms with E-state index in [1.165, 1.54) is 0 Å². The molecule has 0 N–H and O–H groups in total. The zero-order valence-electron chi connectivity index (χ0n) is 14.6. The summed E-state index contributed by atoms with van der Waals surface area (Å²) in [5, 5.41) is 0. The first-order chi connectivity index (χ1) is 11.6. The van der Waals surface area contributed by atoms with Crippen LogP contribution in [-0.4, -0.2) is 55.9 Å². The van der Waals surface area contributed by atoms with Gasteiger partial charge in [-0.2, -0.15) is 0 Å². The zero-order chi connectivity index (χ0) is 17.0. The van der Waals surface area contributed by atoms with Gasteiger partial charge in [-0.15, -0.1) is 0 Å². The molecule has 1 spiro atoms. The van der Waals surface area contributed by atoms with Crippen LogP contribution in [0.25, 0.3) is 0 Å². The van der Waals surface area contributed by atoms with Crippen LogP contribution in [0.15, 0.2) is 24.3 Å². The third-order valence-electron chi connectivity index (χ3n) is 4.95. The largest absolute Gasteiger partial charge is 0.494 e. The lowest BCUT2D eigenvalue weighted by atomic mass is 9.84. The maximum absolute atomic E-state index is 12.4. The molecule has 2 aliphatic heterocycles. The Labute approximate surface area is 143 Å². The number of benzene rings is 1. The molecule has 2 fully saturated rings. The molecule has 0 aromatic heterocycles. The highest BCUT2D eigenvalue weighted by Crippen LogP contribution is 2.35. The number of carbonyl (C=O) groups excluding carboxylic acids is 1. The number of carbonyl (C=O) groups is 1. The molecule has 2 saturated heterocycles. The van der Waals surface area contributed by atoms with Gasteiger partial charge in [-0.25, -0.2) is 0 Å². The van der Waals surface area contributed by atoms with Gasteiger partial charge in [0.25, 0.3) is 0 Å². The van der Waals surface area contributed by atoms with Crippen molar-refractivity contribution in [3.8, 4) is 5.75 Å². The molecule has 2 heterocycles. The van der Waals surface area contributed by atoms with Crippen molar-refractivity contribution in [2.24, 2.45) is 0 Å². The summed E-state index contributed by atoms with van der Waals surface area (Å²) in [6, 6.07) is 7.98. The number of hydrogen-bond donors (Lipinski definition) is 0. The molecular formula is C19H27NO4. The highest BCUT2D eigenvalue weighted by molar-refractivity contribution is 5.77. The number of rotatable bonds is 6. The number of amides is 1. The summed E-state index contributed by atoms with van der Waals surface area (Å²) >= 11 is 0. The Morgan fingerprint density at radius 2 is 2.08 bits per heavy atom. The topological polar surface area (TPSA) is 48.0 Å². The van der Waals surface area contributed by atoms with Gasteiger partial charge in [0.15, 0.2) is 0 Å². The fourth-order valence-corrected chi connectivity index (χ4v) is 3.56. The average Bonchev–Trinajstić information content (AvgIpc) is 2.59. The minimum Gasteiger partial charge on any atom is -0.494 e. The van der Waals surface area contributed by atoms with Gasteiger partial charge in [0, 0.05) is 26.6 Å². The van der Waals surface area contributed by atoms with Crippen LogP contribution in [0.3, 0.4) is 0 Å². The third kappa shape index (κ3) is 3.90. The van der Waals surface area contributed by atoms with E-state index in [-0.39, 0.29) is 17.6 Å². The van der Waals surface area contributed by atoms with Crippen LogP contribution in [0.1, 0.15) is 31.7 Å². The van der Waals surface area contributed by atoms with Crippen LogP contribution < -0.4 is 4.74 Å². The standard InChI is InChI=1S/C19H27NO4/c1-3-23-16-7-4-15(5-8-16)6-9-18(21)20-13-19(14-20)12-17(22-2)10-11-24-19/h4-5,7-8,17H,3,6,9-14H2,1-2H3/t17-/m0/s1. The summed E-state index contributed by atoms with van der Waals surface area (Å²) in [5.74, 6) is 1.08. The first-order valence-corrected chi connectivity index (χ1v) is 8.80. The van der Waals surface area contributed by atoms with Gasteiger partial charge >= 0.3 is 0 Å².